The minimum Gasteiger partial charge on any atom is -0.313 e. The van der Waals surface area contributed by atoms with Crippen LogP contribution in [-0.4, -0.2) is 12.6 Å². The quantitative estimate of drug-likeness (QED) is 0.833. The highest BCUT2D eigenvalue weighted by Gasteiger charge is 2.46. The molecule has 0 heterocycles. The Morgan fingerprint density at radius 2 is 1.83 bits per heavy atom. The second-order valence-corrected chi connectivity index (χ2v) is 5.49. The summed E-state index contributed by atoms with van der Waals surface area (Å²) in [6.45, 7) is 7.87. The predicted molar refractivity (Wildman–Crippen MR) is 74.2 cm³/mol. The molecule has 0 saturated heterocycles. The molecule has 1 aromatic carbocycles. The Balaban J connectivity index is 2.07. The molecule has 2 heteroatoms. The van der Waals surface area contributed by atoms with Gasteiger partial charge in [-0.3, -0.25) is 0 Å². The maximum atomic E-state index is 13.0. The lowest BCUT2D eigenvalue weighted by molar-refractivity contribution is 0.0786. The number of nitrogens with one attached hydrogen (secondary N) is 1. The average molecular weight is 249 g/mol. The summed E-state index contributed by atoms with van der Waals surface area (Å²) in [7, 11) is 0. The van der Waals surface area contributed by atoms with E-state index in [4.69, 9.17) is 0 Å². The van der Waals surface area contributed by atoms with Gasteiger partial charge < -0.3 is 5.32 Å². The number of rotatable bonds is 5. The topological polar surface area (TPSA) is 12.0 Å². The van der Waals surface area contributed by atoms with Gasteiger partial charge in [0.05, 0.1) is 0 Å². The predicted octanol–water partition coefficient (Wildman–Crippen LogP) is 3.95. The van der Waals surface area contributed by atoms with E-state index in [1.807, 2.05) is 12.1 Å². The molecule has 2 rings (SSSR count). The van der Waals surface area contributed by atoms with Crippen molar-refractivity contribution in [2.75, 3.05) is 6.54 Å². The van der Waals surface area contributed by atoms with Crippen molar-refractivity contribution in [1.29, 1.82) is 0 Å². The van der Waals surface area contributed by atoms with Crippen molar-refractivity contribution in [1.82, 2.24) is 5.32 Å². The van der Waals surface area contributed by atoms with Crippen LogP contribution in [0, 0.1) is 17.7 Å². The second kappa shape index (κ2) is 5.83. The van der Waals surface area contributed by atoms with Crippen LogP contribution in [0.15, 0.2) is 24.3 Å². The molecule has 1 aliphatic rings. The first-order valence-corrected chi connectivity index (χ1v) is 7.17. The zero-order valence-corrected chi connectivity index (χ0v) is 11.6. The Bertz CT molecular complexity index is 373. The van der Waals surface area contributed by atoms with Crippen LogP contribution in [0.5, 0.6) is 0 Å². The first-order valence-electron chi connectivity index (χ1n) is 7.17. The number of benzene rings is 1. The molecule has 1 fully saturated rings. The largest absolute Gasteiger partial charge is 0.313 e. The van der Waals surface area contributed by atoms with Crippen LogP contribution < -0.4 is 5.32 Å². The summed E-state index contributed by atoms with van der Waals surface area (Å²) in [6.07, 6.45) is 2.37. The monoisotopic (exact) mass is 249 g/mol. The van der Waals surface area contributed by atoms with Gasteiger partial charge in [-0.1, -0.05) is 39.3 Å². The standard InChI is InChI=1S/C16H24FN/c1-4-10-18-16-11(3)15(14(16)5-2)12-6-8-13(17)9-7-12/h6-9,11,14-16,18H,4-5,10H2,1-3H3. The number of hydrogen-bond donors (Lipinski definition) is 1. The van der Waals surface area contributed by atoms with Gasteiger partial charge in [-0.05, 0) is 48.4 Å². The molecule has 1 N–H and O–H groups in total. The SMILES string of the molecule is CCCNC1C(C)C(c2ccc(F)cc2)C1CC. The molecule has 0 radical (unpaired) electrons. The average Bonchev–Trinajstić information content (AvgIpc) is 2.38. The third-order valence-corrected chi connectivity index (χ3v) is 4.41. The molecule has 0 aromatic heterocycles. The first kappa shape index (κ1) is 13.5. The van der Waals surface area contributed by atoms with E-state index in [-0.39, 0.29) is 5.82 Å². The van der Waals surface area contributed by atoms with Crippen molar-refractivity contribution in [3.63, 3.8) is 0 Å². The van der Waals surface area contributed by atoms with Gasteiger partial charge in [-0.25, -0.2) is 4.39 Å². The van der Waals surface area contributed by atoms with Crippen molar-refractivity contribution in [2.24, 2.45) is 11.8 Å². The molecule has 0 aliphatic heterocycles. The summed E-state index contributed by atoms with van der Waals surface area (Å²) < 4.78 is 13.0. The molecule has 1 aromatic rings. The van der Waals surface area contributed by atoms with Crippen molar-refractivity contribution in [3.8, 4) is 0 Å². The van der Waals surface area contributed by atoms with E-state index in [0.29, 0.717) is 23.8 Å². The lowest BCUT2D eigenvalue weighted by Crippen LogP contribution is -2.56. The molecule has 4 atom stereocenters. The molecule has 1 aliphatic carbocycles. The van der Waals surface area contributed by atoms with Gasteiger partial charge in [0.25, 0.3) is 0 Å². The summed E-state index contributed by atoms with van der Waals surface area (Å²) in [5.41, 5.74) is 1.30. The minimum atomic E-state index is -0.139. The zero-order chi connectivity index (χ0) is 13.1. The Morgan fingerprint density at radius 3 is 2.39 bits per heavy atom. The Kier molecular flexibility index (Phi) is 4.39. The maximum absolute atomic E-state index is 13.0. The minimum absolute atomic E-state index is 0.139. The van der Waals surface area contributed by atoms with Crippen LogP contribution in [0.3, 0.4) is 0 Å². The van der Waals surface area contributed by atoms with Crippen molar-refractivity contribution in [2.45, 2.75) is 45.6 Å². The molecule has 1 saturated carbocycles. The van der Waals surface area contributed by atoms with Crippen LogP contribution in [0.1, 0.15) is 45.1 Å². The van der Waals surface area contributed by atoms with Crippen LogP contribution >= 0.6 is 0 Å². The van der Waals surface area contributed by atoms with Crippen LogP contribution in [0.25, 0.3) is 0 Å². The summed E-state index contributed by atoms with van der Waals surface area (Å²) in [6, 6.07) is 7.71. The van der Waals surface area contributed by atoms with Gasteiger partial charge in [-0.2, -0.15) is 0 Å². The smallest absolute Gasteiger partial charge is 0.123 e. The molecule has 0 bridgehead atoms. The van der Waals surface area contributed by atoms with E-state index in [1.165, 1.54) is 18.4 Å². The van der Waals surface area contributed by atoms with E-state index in [0.717, 1.165) is 6.54 Å². The normalized spacial score (nSPS) is 31.1. The molecule has 1 nitrogen and oxygen atoms in total. The fraction of sp³-hybridized carbons (Fsp3) is 0.625. The molecular formula is C16H24FN. The Morgan fingerprint density at radius 1 is 1.17 bits per heavy atom. The molecule has 100 valence electrons. The molecule has 18 heavy (non-hydrogen) atoms. The molecule has 4 unspecified atom stereocenters. The third kappa shape index (κ3) is 2.44. The lowest BCUT2D eigenvalue weighted by atomic mass is 9.58. The van der Waals surface area contributed by atoms with Crippen molar-refractivity contribution >= 4 is 0 Å². The highest BCUT2D eigenvalue weighted by atomic mass is 19.1. The summed E-state index contributed by atoms with van der Waals surface area (Å²) in [5, 5.41) is 3.66. The van der Waals surface area contributed by atoms with Crippen LogP contribution in [0.4, 0.5) is 4.39 Å². The van der Waals surface area contributed by atoms with Crippen LogP contribution in [0.2, 0.25) is 0 Å². The summed E-state index contributed by atoms with van der Waals surface area (Å²) >= 11 is 0. The van der Waals surface area contributed by atoms with Gasteiger partial charge in [-0.15, -0.1) is 0 Å². The summed E-state index contributed by atoms with van der Waals surface area (Å²) in [5.74, 6) is 1.79. The second-order valence-electron chi connectivity index (χ2n) is 5.49. The maximum Gasteiger partial charge on any atom is 0.123 e. The molecule has 0 spiro atoms. The number of halogens is 1. The van der Waals surface area contributed by atoms with Gasteiger partial charge in [0.1, 0.15) is 5.82 Å². The van der Waals surface area contributed by atoms with E-state index in [9.17, 15) is 4.39 Å². The fourth-order valence-electron chi connectivity index (χ4n) is 3.47. The molecule has 0 amide bonds. The Labute approximate surface area is 110 Å². The lowest BCUT2D eigenvalue weighted by Gasteiger charge is -2.51. The van der Waals surface area contributed by atoms with Crippen molar-refractivity contribution in [3.05, 3.63) is 35.6 Å². The number of hydrogen-bond acceptors (Lipinski definition) is 1. The van der Waals surface area contributed by atoms with E-state index in [1.54, 1.807) is 12.1 Å². The van der Waals surface area contributed by atoms with Gasteiger partial charge in [0.15, 0.2) is 0 Å². The van der Waals surface area contributed by atoms with E-state index < -0.39 is 0 Å². The van der Waals surface area contributed by atoms with E-state index >= 15 is 0 Å². The van der Waals surface area contributed by atoms with Gasteiger partial charge >= 0.3 is 0 Å². The van der Waals surface area contributed by atoms with Gasteiger partial charge in [0.2, 0.25) is 0 Å². The van der Waals surface area contributed by atoms with Gasteiger partial charge in [0, 0.05) is 6.04 Å². The molecular weight excluding hydrogens is 225 g/mol. The highest BCUT2D eigenvalue weighted by Crippen LogP contribution is 2.49. The van der Waals surface area contributed by atoms with Crippen molar-refractivity contribution < 1.29 is 4.39 Å². The first-order chi connectivity index (χ1) is 8.69. The van der Waals surface area contributed by atoms with E-state index in [2.05, 4.69) is 26.1 Å². The zero-order valence-electron chi connectivity index (χ0n) is 11.6. The summed E-state index contributed by atoms with van der Waals surface area (Å²) in [4.78, 5) is 0. The van der Waals surface area contributed by atoms with Crippen LogP contribution in [-0.2, 0) is 0 Å². The third-order valence-electron chi connectivity index (χ3n) is 4.41. The highest BCUT2D eigenvalue weighted by molar-refractivity contribution is 5.27. The fourth-order valence-corrected chi connectivity index (χ4v) is 3.47. The Hall–Kier alpha value is -0.890.